The lowest BCUT2D eigenvalue weighted by Crippen LogP contribution is -2.38. The first kappa shape index (κ1) is 14.4. The van der Waals surface area contributed by atoms with Gasteiger partial charge in [0, 0.05) is 24.6 Å². The Morgan fingerprint density at radius 2 is 2.47 bits per heavy atom. The van der Waals surface area contributed by atoms with Gasteiger partial charge in [-0.1, -0.05) is 6.92 Å². The van der Waals surface area contributed by atoms with Crippen molar-refractivity contribution in [2.75, 3.05) is 13.2 Å². The van der Waals surface area contributed by atoms with E-state index in [2.05, 4.69) is 10.3 Å². The Kier molecular flexibility index (Phi) is 4.90. The van der Waals surface area contributed by atoms with Gasteiger partial charge in [-0.05, 0) is 25.7 Å². The van der Waals surface area contributed by atoms with Crippen molar-refractivity contribution in [1.29, 1.82) is 0 Å². The number of ether oxygens (including phenoxy) is 1. The molecule has 0 radical (unpaired) electrons. The number of aliphatic hydroxyl groups is 1. The molecular formula is C13H20N2O3S. The zero-order valence-electron chi connectivity index (χ0n) is 11.3. The van der Waals surface area contributed by atoms with Crippen LogP contribution in [0.25, 0.3) is 0 Å². The number of rotatable bonds is 5. The summed E-state index contributed by atoms with van der Waals surface area (Å²) in [6.45, 7) is 4.60. The number of aliphatic hydroxyl groups excluding tert-OH is 1. The summed E-state index contributed by atoms with van der Waals surface area (Å²) in [4.78, 5) is 16.4. The van der Waals surface area contributed by atoms with Gasteiger partial charge in [-0.3, -0.25) is 4.79 Å². The molecule has 0 saturated carbocycles. The number of amides is 1. The van der Waals surface area contributed by atoms with E-state index in [4.69, 9.17) is 9.84 Å². The van der Waals surface area contributed by atoms with Crippen LogP contribution < -0.4 is 5.32 Å². The Bertz CT molecular complexity index is 429. The number of aromatic nitrogens is 1. The van der Waals surface area contributed by atoms with Crippen molar-refractivity contribution in [1.82, 2.24) is 10.3 Å². The van der Waals surface area contributed by atoms with E-state index < -0.39 is 0 Å². The number of nitrogens with one attached hydrogen (secondary N) is 1. The van der Waals surface area contributed by atoms with E-state index >= 15 is 0 Å². The van der Waals surface area contributed by atoms with E-state index in [9.17, 15) is 4.79 Å². The third kappa shape index (κ3) is 3.52. The molecule has 2 rings (SSSR count). The average molecular weight is 284 g/mol. The van der Waals surface area contributed by atoms with Crippen molar-refractivity contribution >= 4 is 17.2 Å². The Balaban J connectivity index is 1.96. The van der Waals surface area contributed by atoms with Crippen LogP contribution in [0, 0.1) is 5.92 Å². The van der Waals surface area contributed by atoms with Crippen LogP contribution in [0.15, 0.2) is 5.38 Å². The van der Waals surface area contributed by atoms with Crippen LogP contribution in [-0.4, -0.2) is 35.3 Å². The summed E-state index contributed by atoms with van der Waals surface area (Å²) in [5.41, 5.74) is 0.437. The van der Waals surface area contributed by atoms with Crippen LogP contribution in [0.4, 0.5) is 0 Å². The molecule has 0 aliphatic carbocycles. The second kappa shape index (κ2) is 6.45. The molecule has 1 aromatic rings. The lowest BCUT2D eigenvalue weighted by Gasteiger charge is -2.18. The summed E-state index contributed by atoms with van der Waals surface area (Å²) in [5, 5.41) is 14.6. The van der Waals surface area contributed by atoms with Gasteiger partial charge in [-0.25, -0.2) is 4.98 Å². The van der Waals surface area contributed by atoms with Crippen molar-refractivity contribution in [3.05, 3.63) is 16.1 Å². The smallest absolute Gasteiger partial charge is 0.270 e. The minimum atomic E-state index is -0.187. The summed E-state index contributed by atoms with van der Waals surface area (Å²) in [6, 6.07) is -0.0784. The van der Waals surface area contributed by atoms with Crippen LogP contribution >= 0.6 is 11.3 Å². The third-order valence-electron chi connectivity index (χ3n) is 3.46. The number of hydrogen-bond acceptors (Lipinski definition) is 5. The standard InChI is InChI=1S/C13H20N2O3S/c1-8(6-16)9(2)14-12(17)10-7-19-13(15-10)11-4-3-5-18-11/h7-9,11,16H,3-6H2,1-2H3,(H,14,17). The van der Waals surface area contributed by atoms with E-state index in [0.717, 1.165) is 24.5 Å². The molecule has 106 valence electrons. The number of thiazole rings is 1. The molecular weight excluding hydrogens is 264 g/mol. The Morgan fingerprint density at radius 3 is 3.11 bits per heavy atom. The van der Waals surface area contributed by atoms with Gasteiger partial charge in [-0.2, -0.15) is 0 Å². The highest BCUT2D eigenvalue weighted by atomic mass is 32.1. The third-order valence-corrected chi connectivity index (χ3v) is 4.40. The molecule has 1 fully saturated rings. The molecule has 2 heterocycles. The summed E-state index contributed by atoms with van der Waals surface area (Å²) >= 11 is 1.47. The number of carbonyl (C=O) groups is 1. The van der Waals surface area contributed by atoms with Crippen molar-refractivity contribution in [2.45, 2.75) is 38.8 Å². The minimum absolute atomic E-state index is 0.0280. The molecule has 3 unspecified atom stereocenters. The van der Waals surface area contributed by atoms with E-state index in [-0.39, 0.29) is 30.6 Å². The molecule has 0 spiro atoms. The highest BCUT2D eigenvalue weighted by molar-refractivity contribution is 7.09. The maximum absolute atomic E-state index is 12.0. The van der Waals surface area contributed by atoms with Gasteiger partial charge >= 0.3 is 0 Å². The first-order valence-corrected chi connectivity index (χ1v) is 7.48. The van der Waals surface area contributed by atoms with E-state index in [1.54, 1.807) is 5.38 Å². The molecule has 0 aromatic carbocycles. The van der Waals surface area contributed by atoms with Gasteiger partial charge < -0.3 is 15.2 Å². The van der Waals surface area contributed by atoms with Crippen molar-refractivity contribution in [2.24, 2.45) is 5.92 Å². The lowest BCUT2D eigenvalue weighted by molar-refractivity contribution is 0.0909. The number of hydrogen-bond donors (Lipinski definition) is 2. The van der Waals surface area contributed by atoms with Crippen molar-refractivity contribution < 1.29 is 14.6 Å². The van der Waals surface area contributed by atoms with Gasteiger partial charge in [0.1, 0.15) is 16.8 Å². The fourth-order valence-electron chi connectivity index (χ4n) is 1.89. The molecule has 6 heteroatoms. The molecule has 1 aliphatic heterocycles. The number of carbonyl (C=O) groups excluding carboxylic acids is 1. The van der Waals surface area contributed by atoms with Crippen LogP contribution in [0.2, 0.25) is 0 Å². The lowest BCUT2D eigenvalue weighted by atomic mass is 10.1. The molecule has 1 saturated heterocycles. The second-order valence-corrected chi connectivity index (χ2v) is 5.88. The fraction of sp³-hybridized carbons (Fsp3) is 0.692. The molecule has 19 heavy (non-hydrogen) atoms. The topological polar surface area (TPSA) is 71.5 Å². The van der Waals surface area contributed by atoms with Crippen LogP contribution in [0.3, 0.4) is 0 Å². The Labute approximate surface area is 117 Å². The van der Waals surface area contributed by atoms with E-state index in [0.29, 0.717) is 5.69 Å². The van der Waals surface area contributed by atoms with Crippen LogP contribution in [0.1, 0.15) is 48.3 Å². The molecule has 1 aliphatic rings. The largest absolute Gasteiger partial charge is 0.396 e. The van der Waals surface area contributed by atoms with Crippen LogP contribution in [-0.2, 0) is 4.74 Å². The Morgan fingerprint density at radius 1 is 1.68 bits per heavy atom. The zero-order chi connectivity index (χ0) is 13.8. The molecule has 0 bridgehead atoms. The Hall–Kier alpha value is -0.980. The minimum Gasteiger partial charge on any atom is -0.396 e. The monoisotopic (exact) mass is 284 g/mol. The van der Waals surface area contributed by atoms with E-state index in [1.165, 1.54) is 11.3 Å². The number of nitrogens with zero attached hydrogens (tertiary/aromatic N) is 1. The average Bonchev–Trinajstić information content (AvgIpc) is 3.07. The predicted octanol–water partition coefficient (Wildman–Crippen LogP) is 1.74. The summed E-state index contributed by atoms with van der Waals surface area (Å²) < 4.78 is 5.55. The summed E-state index contributed by atoms with van der Waals surface area (Å²) in [5.74, 6) is -0.159. The SMILES string of the molecule is CC(CO)C(C)NC(=O)c1csc(C2CCCO2)n1. The molecule has 3 atom stereocenters. The highest BCUT2D eigenvalue weighted by Gasteiger charge is 2.23. The maximum atomic E-state index is 12.0. The summed E-state index contributed by atoms with van der Waals surface area (Å²) in [6.07, 6.45) is 2.09. The molecule has 1 aromatic heterocycles. The van der Waals surface area contributed by atoms with Crippen LogP contribution in [0.5, 0.6) is 0 Å². The fourth-order valence-corrected chi connectivity index (χ4v) is 2.77. The first-order valence-electron chi connectivity index (χ1n) is 6.60. The van der Waals surface area contributed by atoms with Gasteiger partial charge in [0.05, 0.1) is 0 Å². The van der Waals surface area contributed by atoms with Gasteiger partial charge in [0.2, 0.25) is 0 Å². The van der Waals surface area contributed by atoms with E-state index in [1.807, 2.05) is 13.8 Å². The van der Waals surface area contributed by atoms with Gasteiger partial charge in [0.25, 0.3) is 5.91 Å². The van der Waals surface area contributed by atoms with Crippen molar-refractivity contribution in [3.63, 3.8) is 0 Å². The first-order chi connectivity index (χ1) is 9.11. The van der Waals surface area contributed by atoms with Crippen molar-refractivity contribution in [3.8, 4) is 0 Å². The molecule has 5 nitrogen and oxygen atoms in total. The quantitative estimate of drug-likeness (QED) is 0.864. The maximum Gasteiger partial charge on any atom is 0.270 e. The van der Waals surface area contributed by atoms with Gasteiger partial charge in [0.15, 0.2) is 0 Å². The predicted molar refractivity (Wildman–Crippen MR) is 73.2 cm³/mol. The summed E-state index contributed by atoms with van der Waals surface area (Å²) in [7, 11) is 0. The zero-order valence-corrected chi connectivity index (χ0v) is 12.1. The highest BCUT2D eigenvalue weighted by Crippen LogP contribution is 2.30. The normalized spacial score (nSPS) is 22.2. The van der Waals surface area contributed by atoms with Gasteiger partial charge in [-0.15, -0.1) is 11.3 Å². The molecule has 2 N–H and O–H groups in total. The second-order valence-electron chi connectivity index (χ2n) is 4.99. The molecule has 1 amide bonds.